The first-order chi connectivity index (χ1) is 13.6. The van der Waals surface area contributed by atoms with Crippen LogP contribution in [-0.4, -0.2) is 30.4 Å². The van der Waals surface area contributed by atoms with Crippen LogP contribution >= 0.6 is 11.3 Å². The molecule has 0 saturated carbocycles. The second kappa shape index (κ2) is 8.39. The van der Waals surface area contributed by atoms with Crippen molar-refractivity contribution in [3.8, 4) is 0 Å². The molecule has 1 amide bonds. The van der Waals surface area contributed by atoms with Gasteiger partial charge in [0.1, 0.15) is 5.82 Å². The lowest BCUT2D eigenvalue weighted by atomic mass is 9.99. The fourth-order valence-corrected chi connectivity index (χ4v) is 4.76. The SMILES string of the molecule is CN(CCCC1CC(c2cccc(F)c2)NN1)C(=O)c1cc2ccccc2s1. The Morgan fingerprint density at radius 2 is 2.04 bits per heavy atom. The summed E-state index contributed by atoms with van der Waals surface area (Å²) in [6.45, 7) is 0.718. The molecule has 1 aliphatic rings. The number of hydrogen-bond donors (Lipinski definition) is 2. The number of nitrogens with zero attached hydrogens (tertiary/aromatic N) is 1. The molecule has 4 rings (SSSR count). The predicted molar refractivity (Wildman–Crippen MR) is 112 cm³/mol. The Hall–Kier alpha value is -2.28. The van der Waals surface area contributed by atoms with E-state index in [9.17, 15) is 9.18 Å². The molecule has 2 unspecified atom stereocenters. The molecule has 1 aliphatic heterocycles. The van der Waals surface area contributed by atoms with Crippen LogP contribution in [-0.2, 0) is 0 Å². The zero-order valence-electron chi connectivity index (χ0n) is 15.8. The maximum absolute atomic E-state index is 13.4. The Balaban J connectivity index is 1.26. The third-order valence-electron chi connectivity index (χ3n) is 5.26. The molecule has 0 radical (unpaired) electrons. The zero-order valence-corrected chi connectivity index (χ0v) is 16.6. The van der Waals surface area contributed by atoms with Gasteiger partial charge in [0.05, 0.1) is 4.88 Å². The highest BCUT2D eigenvalue weighted by Gasteiger charge is 2.25. The number of halogens is 1. The van der Waals surface area contributed by atoms with E-state index < -0.39 is 0 Å². The molecule has 0 spiro atoms. The number of fused-ring (bicyclic) bond motifs is 1. The monoisotopic (exact) mass is 397 g/mol. The fraction of sp³-hybridized carbons (Fsp3) is 0.318. The molecule has 0 bridgehead atoms. The molecular formula is C22H24FN3OS. The van der Waals surface area contributed by atoms with E-state index in [0.29, 0.717) is 6.04 Å². The van der Waals surface area contributed by atoms with Crippen LogP contribution in [0.2, 0.25) is 0 Å². The molecule has 146 valence electrons. The fourth-order valence-electron chi connectivity index (χ4n) is 3.71. The van der Waals surface area contributed by atoms with E-state index in [0.717, 1.165) is 46.3 Å². The van der Waals surface area contributed by atoms with Gasteiger partial charge in [-0.1, -0.05) is 30.3 Å². The number of rotatable bonds is 6. The number of carbonyl (C=O) groups is 1. The summed E-state index contributed by atoms with van der Waals surface area (Å²) in [7, 11) is 1.86. The van der Waals surface area contributed by atoms with Gasteiger partial charge in [0, 0.05) is 30.4 Å². The zero-order chi connectivity index (χ0) is 19.5. The highest BCUT2D eigenvalue weighted by molar-refractivity contribution is 7.20. The minimum atomic E-state index is -0.205. The number of nitrogens with one attached hydrogen (secondary N) is 2. The van der Waals surface area contributed by atoms with Crippen molar-refractivity contribution >= 4 is 27.3 Å². The van der Waals surface area contributed by atoms with Crippen LogP contribution in [0, 0.1) is 5.82 Å². The van der Waals surface area contributed by atoms with Crippen LogP contribution in [0.3, 0.4) is 0 Å². The molecule has 0 aliphatic carbocycles. The van der Waals surface area contributed by atoms with Gasteiger partial charge < -0.3 is 4.90 Å². The van der Waals surface area contributed by atoms with Gasteiger partial charge in [-0.3, -0.25) is 15.6 Å². The summed E-state index contributed by atoms with van der Waals surface area (Å²) in [6, 6.07) is 17.2. The Morgan fingerprint density at radius 3 is 2.86 bits per heavy atom. The van der Waals surface area contributed by atoms with Crippen LogP contribution < -0.4 is 10.9 Å². The second-order valence-electron chi connectivity index (χ2n) is 7.35. The van der Waals surface area contributed by atoms with Gasteiger partial charge in [-0.05, 0) is 54.5 Å². The summed E-state index contributed by atoms with van der Waals surface area (Å²) in [5, 5.41) is 1.12. The first-order valence-electron chi connectivity index (χ1n) is 9.61. The average molecular weight is 398 g/mol. The van der Waals surface area contributed by atoms with Gasteiger partial charge in [0.25, 0.3) is 5.91 Å². The van der Waals surface area contributed by atoms with Crippen molar-refractivity contribution in [2.45, 2.75) is 31.3 Å². The van der Waals surface area contributed by atoms with Crippen LogP contribution in [0.1, 0.15) is 40.5 Å². The van der Waals surface area contributed by atoms with Crippen molar-refractivity contribution in [1.82, 2.24) is 15.8 Å². The minimum absolute atomic E-state index is 0.0799. The number of benzene rings is 2. The molecule has 2 heterocycles. The molecule has 3 aromatic rings. The maximum atomic E-state index is 13.4. The van der Waals surface area contributed by atoms with Crippen molar-refractivity contribution < 1.29 is 9.18 Å². The minimum Gasteiger partial charge on any atom is -0.341 e. The highest BCUT2D eigenvalue weighted by Crippen LogP contribution is 2.27. The first-order valence-corrected chi connectivity index (χ1v) is 10.4. The van der Waals surface area contributed by atoms with E-state index in [4.69, 9.17) is 0 Å². The molecule has 2 aromatic carbocycles. The molecule has 4 nitrogen and oxygen atoms in total. The van der Waals surface area contributed by atoms with Gasteiger partial charge in [-0.2, -0.15) is 0 Å². The van der Waals surface area contributed by atoms with Crippen molar-refractivity contribution in [3.05, 3.63) is 70.9 Å². The van der Waals surface area contributed by atoms with Gasteiger partial charge in [-0.15, -0.1) is 11.3 Å². The van der Waals surface area contributed by atoms with Crippen LogP contribution in [0.15, 0.2) is 54.6 Å². The largest absolute Gasteiger partial charge is 0.341 e. The van der Waals surface area contributed by atoms with Gasteiger partial charge in [0.2, 0.25) is 0 Å². The first kappa shape index (κ1) is 19.1. The van der Waals surface area contributed by atoms with Crippen molar-refractivity contribution in [3.63, 3.8) is 0 Å². The van der Waals surface area contributed by atoms with Gasteiger partial charge >= 0.3 is 0 Å². The molecule has 2 atom stereocenters. The van der Waals surface area contributed by atoms with E-state index in [1.54, 1.807) is 28.4 Å². The summed E-state index contributed by atoms with van der Waals surface area (Å²) < 4.78 is 14.6. The Kier molecular flexibility index (Phi) is 5.71. The van der Waals surface area contributed by atoms with Crippen molar-refractivity contribution in [2.75, 3.05) is 13.6 Å². The summed E-state index contributed by atoms with van der Waals surface area (Å²) >= 11 is 1.55. The average Bonchev–Trinajstić information content (AvgIpc) is 3.34. The van der Waals surface area contributed by atoms with E-state index >= 15 is 0 Å². The normalized spacial score (nSPS) is 19.2. The van der Waals surface area contributed by atoms with Crippen LogP contribution in [0.5, 0.6) is 0 Å². The molecular weight excluding hydrogens is 373 g/mol. The standard InChI is InChI=1S/C22H24FN3OS/c1-26(22(27)21-13-16-6-2-3-10-20(16)28-21)11-5-9-18-14-19(25-24-18)15-7-4-8-17(23)12-15/h2-4,6-8,10,12-13,18-19,24-25H,5,9,11,14H2,1H3. The van der Waals surface area contributed by atoms with E-state index in [2.05, 4.69) is 10.9 Å². The lowest BCUT2D eigenvalue weighted by molar-refractivity contribution is 0.0796. The predicted octanol–water partition coefficient (Wildman–Crippen LogP) is 4.50. The molecule has 2 N–H and O–H groups in total. The molecule has 1 fully saturated rings. The molecule has 28 heavy (non-hydrogen) atoms. The smallest absolute Gasteiger partial charge is 0.263 e. The lowest BCUT2D eigenvalue weighted by Crippen LogP contribution is -2.32. The van der Waals surface area contributed by atoms with Gasteiger partial charge in [-0.25, -0.2) is 4.39 Å². The number of hydrazine groups is 1. The van der Waals surface area contributed by atoms with Crippen LogP contribution in [0.4, 0.5) is 4.39 Å². The third kappa shape index (κ3) is 4.24. The van der Waals surface area contributed by atoms with E-state index in [1.807, 2.05) is 43.4 Å². The molecule has 1 saturated heterocycles. The highest BCUT2D eigenvalue weighted by atomic mass is 32.1. The second-order valence-corrected chi connectivity index (χ2v) is 8.43. The van der Waals surface area contributed by atoms with E-state index in [1.165, 1.54) is 6.07 Å². The number of hydrogen-bond acceptors (Lipinski definition) is 4. The molecule has 1 aromatic heterocycles. The summed E-state index contributed by atoms with van der Waals surface area (Å²) in [5.74, 6) is -0.125. The summed E-state index contributed by atoms with van der Waals surface area (Å²) in [4.78, 5) is 15.3. The maximum Gasteiger partial charge on any atom is 0.263 e. The van der Waals surface area contributed by atoms with Gasteiger partial charge in [0.15, 0.2) is 0 Å². The number of carbonyl (C=O) groups excluding carboxylic acids is 1. The van der Waals surface area contributed by atoms with Crippen molar-refractivity contribution in [1.29, 1.82) is 0 Å². The number of amides is 1. The summed E-state index contributed by atoms with van der Waals surface area (Å²) in [6.07, 6.45) is 2.79. The third-order valence-corrected chi connectivity index (χ3v) is 6.37. The quantitative estimate of drug-likeness (QED) is 0.644. The topological polar surface area (TPSA) is 44.4 Å². The Bertz CT molecular complexity index is 940. The van der Waals surface area contributed by atoms with Crippen molar-refractivity contribution in [2.24, 2.45) is 0 Å². The Morgan fingerprint density at radius 1 is 1.18 bits per heavy atom. The van der Waals surface area contributed by atoms with Crippen LogP contribution in [0.25, 0.3) is 10.1 Å². The molecule has 6 heteroatoms. The Labute approximate surface area is 168 Å². The number of thiophene rings is 1. The summed E-state index contributed by atoms with van der Waals surface area (Å²) in [5.41, 5.74) is 7.52. The van der Waals surface area contributed by atoms with E-state index in [-0.39, 0.29) is 17.8 Å². The lowest BCUT2D eigenvalue weighted by Gasteiger charge is -2.17.